The molecule has 0 amide bonds. The van der Waals surface area contributed by atoms with Gasteiger partial charge in [0.1, 0.15) is 0 Å². The van der Waals surface area contributed by atoms with Gasteiger partial charge >= 0.3 is 0 Å². The minimum atomic E-state index is -0.320. The molecule has 0 aromatic heterocycles. The Kier molecular flexibility index (Phi) is 29.7. The normalized spacial score (nSPS) is 19.3. The number of hydrogen-bond acceptors (Lipinski definition) is 3. The summed E-state index contributed by atoms with van der Waals surface area (Å²) in [6.45, 7) is 7.32. The lowest BCUT2D eigenvalue weighted by Crippen LogP contribution is -2.46. The average molecular weight is 630 g/mol. The van der Waals surface area contributed by atoms with Crippen molar-refractivity contribution >= 4 is 0 Å². The van der Waals surface area contributed by atoms with Crippen molar-refractivity contribution in [3.63, 3.8) is 0 Å². The molecule has 264 valence electrons. The molecule has 0 atom stereocenters. The van der Waals surface area contributed by atoms with Gasteiger partial charge in [-0.3, -0.25) is 0 Å². The van der Waals surface area contributed by atoms with Gasteiger partial charge in [0, 0.05) is 25.3 Å². The number of allylic oxidation sites excluding steroid dienone is 6. The molecule has 0 unspecified atom stereocenters. The van der Waals surface area contributed by atoms with Crippen LogP contribution in [0.15, 0.2) is 36.5 Å². The Labute approximate surface area is 283 Å². The second-order valence-electron chi connectivity index (χ2n) is 14.3. The molecule has 0 bridgehead atoms. The Morgan fingerprint density at radius 1 is 0.489 bits per heavy atom. The van der Waals surface area contributed by atoms with Crippen molar-refractivity contribution in [2.75, 3.05) is 33.9 Å². The largest absolute Gasteiger partial charge is 0.350 e. The zero-order valence-electron chi connectivity index (χ0n) is 31.0. The van der Waals surface area contributed by atoms with Gasteiger partial charge in [-0.15, -0.1) is 0 Å². The molecule has 3 nitrogen and oxygen atoms in total. The van der Waals surface area contributed by atoms with Crippen LogP contribution in [-0.2, 0) is 9.47 Å². The maximum absolute atomic E-state index is 6.55. The number of rotatable bonds is 32. The van der Waals surface area contributed by atoms with E-state index in [0.29, 0.717) is 5.92 Å². The van der Waals surface area contributed by atoms with E-state index >= 15 is 0 Å². The van der Waals surface area contributed by atoms with Crippen LogP contribution in [-0.4, -0.2) is 44.5 Å². The quantitative estimate of drug-likeness (QED) is 0.0546. The molecule has 0 N–H and O–H groups in total. The van der Waals surface area contributed by atoms with Gasteiger partial charge < -0.3 is 14.4 Å². The summed E-state index contributed by atoms with van der Waals surface area (Å²) < 4.78 is 13.1. The summed E-state index contributed by atoms with van der Waals surface area (Å²) in [6.07, 6.45) is 49.4. The van der Waals surface area contributed by atoms with Gasteiger partial charge in [0.25, 0.3) is 0 Å². The fourth-order valence-corrected chi connectivity index (χ4v) is 6.51. The molecule has 1 heterocycles. The van der Waals surface area contributed by atoms with Crippen molar-refractivity contribution in [2.24, 2.45) is 5.92 Å². The van der Waals surface area contributed by atoms with Crippen LogP contribution >= 0.6 is 0 Å². The van der Waals surface area contributed by atoms with Gasteiger partial charge in [-0.05, 0) is 84.7 Å². The van der Waals surface area contributed by atoms with E-state index in [1.165, 1.54) is 154 Å². The van der Waals surface area contributed by atoms with Crippen LogP contribution in [0, 0.1) is 5.92 Å². The van der Waals surface area contributed by atoms with Gasteiger partial charge in [-0.25, -0.2) is 0 Å². The van der Waals surface area contributed by atoms with Crippen LogP contribution in [0.2, 0.25) is 0 Å². The van der Waals surface area contributed by atoms with E-state index in [9.17, 15) is 0 Å². The van der Waals surface area contributed by atoms with Crippen molar-refractivity contribution < 1.29 is 9.47 Å². The third-order valence-corrected chi connectivity index (χ3v) is 9.37. The molecule has 1 fully saturated rings. The van der Waals surface area contributed by atoms with Crippen LogP contribution in [0.25, 0.3) is 0 Å². The first-order valence-electron chi connectivity index (χ1n) is 20.0. The topological polar surface area (TPSA) is 21.7 Å². The minimum absolute atomic E-state index is 0.320. The van der Waals surface area contributed by atoms with Crippen LogP contribution < -0.4 is 0 Å². The van der Waals surface area contributed by atoms with Crippen LogP contribution in [0.4, 0.5) is 0 Å². The summed E-state index contributed by atoms with van der Waals surface area (Å²) in [5.41, 5.74) is 0. The molecular weight excluding hydrogens is 550 g/mol. The number of nitrogens with zero attached hydrogens (tertiary/aromatic N) is 1. The number of ether oxygens (including phenoxy) is 2. The van der Waals surface area contributed by atoms with Crippen LogP contribution in [0.5, 0.6) is 0 Å². The standard InChI is InChI=1S/C42H79NO2/c1-5-7-9-11-13-15-17-19-21-23-25-27-29-31-33-35-37-42(44-39-41(40-45-42)38-43(3)4)36-34-32-30-28-26-24-22-20-18-16-14-12-10-8-6-2/h13,15,18-21,41H,5-12,14,16-17,22-40H2,1-4H3/b15-13-,20-18-,21-19+. The predicted octanol–water partition coefficient (Wildman–Crippen LogP) is 13.1. The lowest BCUT2D eigenvalue weighted by molar-refractivity contribution is -0.290. The first kappa shape index (κ1) is 42.1. The van der Waals surface area contributed by atoms with Crippen molar-refractivity contribution in [3.8, 4) is 0 Å². The molecule has 1 aliphatic heterocycles. The Morgan fingerprint density at radius 2 is 0.844 bits per heavy atom. The summed E-state index contributed by atoms with van der Waals surface area (Å²) in [4.78, 5) is 2.26. The highest BCUT2D eigenvalue weighted by atomic mass is 16.7. The summed E-state index contributed by atoms with van der Waals surface area (Å²) in [6, 6.07) is 0. The molecule has 1 aliphatic rings. The average Bonchev–Trinajstić information content (AvgIpc) is 3.03. The third-order valence-electron chi connectivity index (χ3n) is 9.37. The van der Waals surface area contributed by atoms with Gasteiger partial charge in [-0.1, -0.05) is 140 Å². The van der Waals surface area contributed by atoms with Gasteiger partial charge in [0.2, 0.25) is 0 Å². The molecule has 0 saturated carbocycles. The Morgan fingerprint density at radius 3 is 1.29 bits per heavy atom. The number of hydrogen-bond donors (Lipinski definition) is 0. The lowest BCUT2D eigenvalue weighted by atomic mass is 9.97. The molecule has 0 spiro atoms. The van der Waals surface area contributed by atoms with E-state index in [1.807, 2.05) is 0 Å². The molecule has 0 radical (unpaired) electrons. The monoisotopic (exact) mass is 630 g/mol. The molecule has 1 rings (SSSR count). The zero-order chi connectivity index (χ0) is 32.5. The fourth-order valence-electron chi connectivity index (χ4n) is 6.51. The van der Waals surface area contributed by atoms with E-state index in [1.54, 1.807) is 0 Å². The minimum Gasteiger partial charge on any atom is -0.350 e. The molecule has 3 heteroatoms. The van der Waals surface area contributed by atoms with Gasteiger partial charge in [0.05, 0.1) is 13.2 Å². The van der Waals surface area contributed by atoms with E-state index in [2.05, 4.69) is 69.3 Å². The van der Waals surface area contributed by atoms with E-state index < -0.39 is 0 Å². The highest BCUT2D eigenvalue weighted by Gasteiger charge is 2.36. The summed E-state index contributed by atoms with van der Waals surface area (Å²) in [5.74, 6) is 0.179. The maximum Gasteiger partial charge on any atom is 0.168 e. The van der Waals surface area contributed by atoms with Gasteiger partial charge in [-0.2, -0.15) is 0 Å². The first-order chi connectivity index (χ1) is 22.1. The van der Waals surface area contributed by atoms with Crippen molar-refractivity contribution in [1.29, 1.82) is 0 Å². The van der Waals surface area contributed by atoms with Gasteiger partial charge in [0.15, 0.2) is 5.79 Å². The molecular formula is C42H79NO2. The third kappa shape index (κ3) is 26.8. The fraction of sp³-hybridized carbons (Fsp3) is 0.857. The van der Waals surface area contributed by atoms with Crippen molar-refractivity contribution in [3.05, 3.63) is 36.5 Å². The highest BCUT2D eigenvalue weighted by molar-refractivity contribution is 4.92. The number of unbranched alkanes of at least 4 members (excludes halogenated alkanes) is 20. The second-order valence-corrected chi connectivity index (χ2v) is 14.3. The Balaban J connectivity index is 2.15. The van der Waals surface area contributed by atoms with Crippen LogP contribution in [0.1, 0.15) is 187 Å². The lowest BCUT2D eigenvalue weighted by Gasteiger charge is -2.41. The van der Waals surface area contributed by atoms with Crippen LogP contribution in [0.3, 0.4) is 0 Å². The molecule has 0 aliphatic carbocycles. The highest BCUT2D eigenvalue weighted by Crippen LogP contribution is 2.33. The molecule has 0 aromatic rings. The van der Waals surface area contributed by atoms with Crippen molar-refractivity contribution in [2.45, 2.75) is 193 Å². The summed E-state index contributed by atoms with van der Waals surface area (Å²) >= 11 is 0. The SMILES string of the molecule is CCCCC/C=C\C/C=C/CCCCCCCCC1(CCCCCCCC/C=C\CCCCCCC)OCC(CN(C)C)CO1. The van der Waals surface area contributed by atoms with E-state index in [-0.39, 0.29) is 5.79 Å². The van der Waals surface area contributed by atoms with E-state index in [0.717, 1.165) is 39.0 Å². The summed E-state index contributed by atoms with van der Waals surface area (Å²) in [7, 11) is 4.30. The maximum atomic E-state index is 6.55. The summed E-state index contributed by atoms with van der Waals surface area (Å²) in [5, 5.41) is 0. The first-order valence-corrected chi connectivity index (χ1v) is 20.0. The molecule has 1 saturated heterocycles. The Hall–Kier alpha value is -0.900. The second kappa shape index (κ2) is 31.7. The predicted molar refractivity (Wildman–Crippen MR) is 200 cm³/mol. The van der Waals surface area contributed by atoms with Crippen molar-refractivity contribution in [1.82, 2.24) is 4.90 Å². The zero-order valence-corrected chi connectivity index (χ0v) is 31.0. The smallest absolute Gasteiger partial charge is 0.168 e. The molecule has 0 aromatic carbocycles. The Bertz CT molecular complexity index is 689. The van der Waals surface area contributed by atoms with E-state index in [4.69, 9.17) is 9.47 Å². The molecule has 45 heavy (non-hydrogen) atoms.